The van der Waals surface area contributed by atoms with E-state index in [1.165, 1.54) is 25.0 Å². The van der Waals surface area contributed by atoms with Crippen LogP contribution in [0.15, 0.2) is 72.1 Å². The SMILES string of the molecule is CC(CC1=CCC(C(F)(F)F)=CC=C1)C(=O)C(=N)c1cc(-c2cncc(CN3CCCC3)c2)ccc1N. The van der Waals surface area contributed by atoms with Crippen molar-refractivity contribution in [3.8, 4) is 11.1 Å². The van der Waals surface area contributed by atoms with Gasteiger partial charge in [0.05, 0.1) is 0 Å². The lowest BCUT2D eigenvalue weighted by molar-refractivity contribution is -0.116. The van der Waals surface area contributed by atoms with Crippen LogP contribution in [0.2, 0.25) is 0 Å². The Labute approximate surface area is 215 Å². The fourth-order valence-corrected chi connectivity index (χ4v) is 4.74. The van der Waals surface area contributed by atoms with Gasteiger partial charge in [0.1, 0.15) is 5.71 Å². The number of Topliss-reactive ketones (excluding diaryl/α,β-unsaturated/α-hetero) is 1. The number of anilines is 1. The molecule has 194 valence electrons. The molecule has 1 aromatic heterocycles. The fourth-order valence-electron chi connectivity index (χ4n) is 4.74. The molecule has 0 saturated carbocycles. The number of likely N-dealkylation sites (tertiary alicyclic amines) is 1. The molecular formula is C29H31F3N4O. The molecule has 37 heavy (non-hydrogen) atoms. The van der Waals surface area contributed by atoms with Gasteiger partial charge in [0.2, 0.25) is 0 Å². The molecule has 1 aromatic carbocycles. The van der Waals surface area contributed by atoms with Gasteiger partial charge < -0.3 is 5.73 Å². The zero-order valence-electron chi connectivity index (χ0n) is 20.8. The summed E-state index contributed by atoms with van der Waals surface area (Å²) in [6.45, 7) is 4.68. The average molecular weight is 509 g/mol. The van der Waals surface area contributed by atoms with E-state index in [4.69, 9.17) is 11.1 Å². The lowest BCUT2D eigenvalue weighted by Crippen LogP contribution is -2.23. The van der Waals surface area contributed by atoms with Crippen LogP contribution in [0, 0.1) is 11.3 Å². The van der Waals surface area contributed by atoms with Crippen LogP contribution >= 0.6 is 0 Å². The van der Waals surface area contributed by atoms with E-state index in [1.54, 1.807) is 31.3 Å². The Morgan fingerprint density at radius 1 is 1.16 bits per heavy atom. The molecule has 0 amide bonds. The van der Waals surface area contributed by atoms with Crippen LogP contribution in [-0.4, -0.2) is 40.6 Å². The van der Waals surface area contributed by atoms with E-state index in [-0.39, 0.29) is 18.6 Å². The molecule has 0 spiro atoms. The number of carbonyl (C=O) groups is 1. The highest BCUT2D eigenvalue weighted by Gasteiger charge is 2.32. The predicted molar refractivity (Wildman–Crippen MR) is 140 cm³/mol. The summed E-state index contributed by atoms with van der Waals surface area (Å²) in [4.78, 5) is 19.9. The molecular weight excluding hydrogens is 477 g/mol. The molecule has 2 aromatic rings. The van der Waals surface area contributed by atoms with Crippen LogP contribution in [-0.2, 0) is 11.3 Å². The van der Waals surface area contributed by atoms with Crippen molar-refractivity contribution in [1.29, 1.82) is 5.41 Å². The topological polar surface area (TPSA) is 83.1 Å². The highest BCUT2D eigenvalue weighted by molar-refractivity contribution is 6.46. The number of halogens is 3. The third-order valence-corrected chi connectivity index (χ3v) is 6.85. The van der Waals surface area contributed by atoms with Gasteiger partial charge in [0, 0.05) is 47.2 Å². The van der Waals surface area contributed by atoms with E-state index in [2.05, 4.69) is 16.0 Å². The molecule has 8 heteroatoms. The number of aromatic nitrogens is 1. The summed E-state index contributed by atoms with van der Waals surface area (Å²) in [5.41, 5.74) is 9.40. The summed E-state index contributed by atoms with van der Waals surface area (Å²) in [5, 5.41) is 8.58. The van der Waals surface area contributed by atoms with Crippen molar-refractivity contribution >= 4 is 17.2 Å². The van der Waals surface area contributed by atoms with Crippen LogP contribution in [0.3, 0.4) is 0 Å². The predicted octanol–water partition coefficient (Wildman–Crippen LogP) is 6.26. The minimum Gasteiger partial charge on any atom is -0.398 e. The number of nitrogens with two attached hydrogens (primary N) is 1. The number of hydrogen-bond acceptors (Lipinski definition) is 5. The second-order valence-electron chi connectivity index (χ2n) is 9.74. The highest BCUT2D eigenvalue weighted by Crippen LogP contribution is 2.31. The van der Waals surface area contributed by atoms with Gasteiger partial charge in [-0.15, -0.1) is 0 Å². The number of nitrogens with one attached hydrogen (secondary N) is 1. The van der Waals surface area contributed by atoms with Crippen molar-refractivity contribution in [3.63, 3.8) is 0 Å². The second-order valence-corrected chi connectivity index (χ2v) is 9.74. The van der Waals surface area contributed by atoms with E-state index in [9.17, 15) is 18.0 Å². The van der Waals surface area contributed by atoms with Gasteiger partial charge >= 0.3 is 6.18 Å². The maximum Gasteiger partial charge on any atom is 0.412 e. The molecule has 0 radical (unpaired) electrons. The van der Waals surface area contributed by atoms with E-state index < -0.39 is 23.5 Å². The third kappa shape index (κ3) is 6.63. The molecule has 5 nitrogen and oxygen atoms in total. The lowest BCUT2D eigenvalue weighted by atomic mass is 9.89. The number of ketones is 1. The number of benzene rings is 1. The molecule has 0 bridgehead atoms. The quantitative estimate of drug-likeness (QED) is 0.325. The van der Waals surface area contributed by atoms with Gasteiger partial charge in [-0.05, 0) is 68.1 Å². The van der Waals surface area contributed by atoms with Gasteiger partial charge in [0.15, 0.2) is 5.78 Å². The first kappa shape index (κ1) is 26.5. The van der Waals surface area contributed by atoms with Crippen LogP contribution in [0.5, 0.6) is 0 Å². The standard InChI is InChI=1S/C29H31F3N4O/c1-19(13-20-5-4-6-24(9-7-20)29(30,31)32)28(37)27(34)25-15-22(8-10-26(25)33)23-14-21(16-35-17-23)18-36-11-2-3-12-36/h4-8,10,14-17,19,34H,2-3,9,11-13,18,33H2,1H3. The van der Waals surface area contributed by atoms with Crippen LogP contribution in [0.25, 0.3) is 11.1 Å². The van der Waals surface area contributed by atoms with Crippen molar-refractivity contribution in [1.82, 2.24) is 9.88 Å². The zero-order chi connectivity index (χ0) is 26.6. The number of hydrogen-bond donors (Lipinski definition) is 2. The molecule has 1 unspecified atom stereocenters. The van der Waals surface area contributed by atoms with E-state index in [0.29, 0.717) is 16.8 Å². The fraction of sp³-hybridized carbons (Fsp3) is 0.345. The summed E-state index contributed by atoms with van der Waals surface area (Å²) in [6, 6.07) is 7.35. The summed E-state index contributed by atoms with van der Waals surface area (Å²) in [5.74, 6) is -1.00. The number of carbonyl (C=O) groups excluding carboxylic acids is 1. The number of pyridine rings is 1. The number of nitrogen functional groups attached to an aromatic ring is 1. The Bertz CT molecular complexity index is 1270. The number of nitrogens with zero attached hydrogens (tertiary/aromatic N) is 2. The summed E-state index contributed by atoms with van der Waals surface area (Å²) in [7, 11) is 0. The molecule has 1 saturated heterocycles. The molecule has 2 aliphatic rings. The van der Waals surface area contributed by atoms with Crippen molar-refractivity contribution in [2.45, 2.75) is 45.3 Å². The first-order valence-corrected chi connectivity index (χ1v) is 12.4. The van der Waals surface area contributed by atoms with Crippen molar-refractivity contribution in [2.75, 3.05) is 18.8 Å². The highest BCUT2D eigenvalue weighted by atomic mass is 19.4. The van der Waals surface area contributed by atoms with Crippen molar-refractivity contribution < 1.29 is 18.0 Å². The molecule has 1 fully saturated rings. The molecule has 2 heterocycles. The molecule has 3 N–H and O–H groups in total. The Kier molecular flexibility index (Phi) is 8.07. The van der Waals surface area contributed by atoms with Crippen LogP contribution < -0.4 is 5.73 Å². The van der Waals surface area contributed by atoms with E-state index in [0.717, 1.165) is 42.4 Å². The summed E-state index contributed by atoms with van der Waals surface area (Å²) >= 11 is 0. The Balaban J connectivity index is 1.47. The lowest BCUT2D eigenvalue weighted by Gasteiger charge is -2.16. The smallest absolute Gasteiger partial charge is 0.398 e. The molecule has 1 atom stereocenters. The minimum absolute atomic E-state index is 0.208. The Morgan fingerprint density at radius 3 is 2.65 bits per heavy atom. The Hall–Kier alpha value is -3.52. The first-order chi connectivity index (χ1) is 17.6. The van der Waals surface area contributed by atoms with Crippen LogP contribution in [0.1, 0.15) is 43.7 Å². The number of rotatable bonds is 8. The van der Waals surface area contributed by atoms with E-state index >= 15 is 0 Å². The van der Waals surface area contributed by atoms with E-state index in [1.807, 2.05) is 12.3 Å². The number of alkyl halides is 3. The van der Waals surface area contributed by atoms with Crippen molar-refractivity contribution in [3.05, 3.63) is 83.2 Å². The third-order valence-electron chi connectivity index (χ3n) is 6.85. The van der Waals surface area contributed by atoms with Gasteiger partial charge in [-0.3, -0.25) is 20.1 Å². The molecule has 1 aliphatic heterocycles. The maximum atomic E-state index is 13.1. The zero-order valence-corrected chi connectivity index (χ0v) is 20.8. The van der Waals surface area contributed by atoms with Crippen LogP contribution in [0.4, 0.5) is 18.9 Å². The number of allylic oxidation sites excluding steroid dienone is 6. The summed E-state index contributed by atoms with van der Waals surface area (Å²) in [6.07, 6.45) is 7.13. The minimum atomic E-state index is -4.38. The second kappa shape index (κ2) is 11.3. The summed E-state index contributed by atoms with van der Waals surface area (Å²) < 4.78 is 39.0. The first-order valence-electron chi connectivity index (χ1n) is 12.4. The van der Waals surface area contributed by atoms with Gasteiger partial charge in [-0.1, -0.05) is 42.9 Å². The Morgan fingerprint density at radius 2 is 1.92 bits per heavy atom. The normalized spacial score (nSPS) is 17.2. The average Bonchev–Trinajstić information content (AvgIpc) is 3.25. The van der Waals surface area contributed by atoms with Gasteiger partial charge in [0.25, 0.3) is 0 Å². The van der Waals surface area contributed by atoms with Gasteiger partial charge in [-0.2, -0.15) is 13.2 Å². The maximum absolute atomic E-state index is 13.1. The molecule has 4 rings (SSSR count). The van der Waals surface area contributed by atoms with Crippen molar-refractivity contribution in [2.24, 2.45) is 5.92 Å². The molecule has 1 aliphatic carbocycles. The monoisotopic (exact) mass is 508 g/mol. The van der Waals surface area contributed by atoms with Gasteiger partial charge in [-0.25, -0.2) is 0 Å². The largest absolute Gasteiger partial charge is 0.412 e.